The molecule has 1 aromatic rings. The molecule has 0 aromatic carbocycles. The van der Waals surface area contributed by atoms with Gasteiger partial charge in [0.1, 0.15) is 17.5 Å². The Morgan fingerprint density at radius 1 is 1.24 bits per heavy atom. The van der Waals surface area contributed by atoms with Crippen molar-refractivity contribution in [2.24, 2.45) is 0 Å². The van der Waals surface area contributed by atoms with Crippen molar-refractivity contribution in [1.29, 1.82) is 0 Å². The number of aromatic nitrogens is 2. The number of anilines is 2. The van der Waals surface area contributed by atoms with Gasteiger partial charge >= 0.3 is 0 Å². The van der Waals surface area contributed by atoms with Crippen molar-refractivity contribution in [2.75, 3.05) is 30.8 Å². The maximum atomic E-state index is 5.66. The SMILES string of the molecule is CCCNc1cc(NCC2(OC)CCC2)nc(C2CC2)n1. The molecular weight excluding hydrogens is 264 g/mol. The van der Waals surface area contributed by atoms with Crippen LogP contribution in [0.25, 0.3) is 0 Å². The highest BCUT2D eigenvalue weighted by atomic mass is 16.5. The first-order chi connectivity index (χ1) is 10.2. The van der Waals surface area contributed by atoms with Crippen LogP contribution in [0.5, 0.6) is 0 Å². The molecule has 0 atom stereocenters. The number of methoxy groups -OCH3 is 1. The second-order valence-electron chi connectivity index (χ2n) is 6.29. The molecule has 21 heavy (non-hydrogen) atoms. The first-order valence-electron chi connectivity index (χ1n) is 8.16. The molecule has 5 heteroatoms. The molecule has 2 saturated carbocycles. The summed E-state index contributed by atoms with van der Waals surface area (Å²) in [5.41, 5.74) is 0.0156. The molecule has 2 fully saturated rings. The summed E-state index contributed by atoms with van der Waals surface area (Å²) in [6, 6.07) is 2.02. The second kappa shape index (κ2) is 6.18. The van der Waals surface area contributed by atoms with Crippen LogP contribution in [0.4, 0.5) is 11.6 Å². The standard InChI is InChI=1S/C16H26N4O/c1-3-9-17-13-10-14(20-15(19-13)12-5-6-12)18-11-16(21-2)7-4-8-16/h10,12H,3-9,11H2,1-2H3,(H2,17,18,19,20). The van der Waals surface area contributed by atoms with Crippen LogP contribution < -0.4 is 10.6 Å². The summed E-state index contributed by atoms with van der Waals surface area (Å²) in [5.74, 6) is 3.41. The number of ether oxygens (including phenoxy) is 1. The van der Waals surface area contributed by atoms with E-state index in [0.29, 0.717) is 5.92 Å². The molecule has 2 N–H and O–H groups in total. The van der Waals surface area contributed by atoms with Gasteiger partial charge in [-0.3, -0.25) is 0 Å². The summed E-state index contributed by atoms with van der Waals surface area (Å²) in [5, 5.41) is 6.84. The molecule has 2 aliphatic rings. The predicted octanol–water partition coefficient (Wildman–Crippen LogP) is 3.16. The highest BCUT2D eigenvalue weighted by Gasteiger charge is 2.37. The van der Waals surface area contributed by atoms with Crippen molar-refractivity contribution in [3.8, 4) is 0 Å². The van der Waals surface area contributed by atoms with Gasteiger partial charge < -0.3 is 15.4 Å². The summed E-state index contributed by atoms with van der Waals surface area (Å²) in [6.45, 7) is 3.94. The molecule has 0 bridgehead atoms. The third-order valence-corrected chi connectivity index (χ3v) is 4.53. The molecular formula is C16H26N4O. The normalized spacial score (nSPS) is 19.9. The number of hydrogen-bond acceptors (Lipinski definition) is 5. The second-order valence-corrected chi connectivity index (χ2v) is 6.29. The van der Waals surface area contributed by atoms with Gasteiger partial charge in [0, 0.05) is 32.2 Å². The minimum Gasteiger partial charge on any atom is -0.376 e. The zero-order valence-electron chi connectivity index (χ0n) is 13.1. The van der Waals surface area contributed by atoms with E-state index in [2.05, 4.69) is 27.5 Å². The Hall–Kier alpha value is -1.36. The highest BCUT2D eigenvalue weighted by Crippen LogP contribution is 2.39. The molecule has 0 unspecified atom stereocenters. The molecule has 0 amide bonds. The number of rotatable bonds is 8. The fraction of sp³-hybridized carbons (Fsp3) is 0.750. The van der Waals surface area contributed by atoms with Crippen LogP contribution in [0.2, 0.25) is 0 Å². The van der Waals surface area contributed by atoms with Crippen molar-refractivity contribution in [1.82, 2.24) is 9.97 Å². The van der Waals surface area contributed by atoms with E-state index in [4.69, 9.17) is 4.74 Å². The van der Waals surface area contributed by atoms with Crippen molar-refractivity contribution in [3.63, 3.8) is 0 Å². The van der Waals surface area contributed by atoms with Gasteiger partial charge in [-0.2, -0.15) is 0 Å². The molecule has 3 rings (SSSR count). The van der Waals surface area contributed by atoms with E-state index in [1.165, 1.54) is 19.3 Å². The zero-order chi connectivity index (χ0) is 14.7. The van der Waals surface area contributed by atoms with E-state index in [1.807, 2.05) is 13.2 Å². The van der Waals surface area contributed by atoms with Crippen LogP contribution in [-0.2, 0) is 4.74 Å². The van der Waals surface area contributed by atoms with Crippen LogP contribution in [0.1, 0.15) is 57.2 Å². The lowest BCUT2D eigenvalue weighted by molar-refractivity contribution is -0.0601. The Morgan fingerprint density at radius 2 is 1.95 bits per heavy atom. The fourth-order valence-corrected chi connectivity index (χ4v) is 2.70. The summed E-state index contributed by atoms with van der Waals surface area (Å²) in [7, 11) is 1.81. The first-order valence-corrected chi connectivity index (χ1v) is 8.16. The topological polar surface area (TPSA) is 59.1 Å². The van der Waals surface area contributed by atoms with Crippen molar-refractivity contribution in [2.45, 2.75) is 57.0 Å². The molecule has 1 aromatic heterocycles. The summed E-state index contributed by atoms with van der Waals surface area (Å²) in [4.78, 5) is 9.32. The lowest BCUT2D eigenvalue weighted by atomic mass is 9.80. The Kier molecular flexibility index (Phi) is 4.29. The molecule has 2 aliphatic carbocycles. The van der Waals surface area contributed by atoms with Crippen LogP contribution in [0.15, 0.2) is 6.07 Å². The number of hydrogen-bond donors (Lipinski definition) is 2. The highest BCUT2D eigenvalue weighted by molar-refractivity contribution is 5.48. The Labute approximate surface area is 126 Å². The van der Waals surface area contributed by atoms with Crippen LogP contribution in [0, 0.1) is 0 Å². The van der Waals surface area contributed by atoms with E-state index in [-0.39, 0.29) is 5.60 Å². The Balaban J connectivity index is 1.69. The first kappa shape index (κ1) is 14.6. The summed E-state index contributed by atoms with van der Waals surface area (Å²) in [6.07, 6.45) is 7.07. The third-order valence-electron chi connectivity index (χ3n) is 4.53. The van der Waals surface area contributed by atoms with E-state index >= 15 is 0 Å². The van der Waals surface area contributed by atoms with E-state index < -0.39 is 0 Å². The molecule has 116 valence electrons. The average Bonchev–Trinajstić information content (AvgIpc) is 3.29. The quantitative estimate of drug-likeness (QED) is 0.770. The third kappa shape index (κ3) is 3.46. The maximum absolute atomic E-state index is 5.66. The molecule has 5 nitrogen and oxygen atoms in total. The number of nitrogens with one attached hydrogen (secondary N) is 2. The molecule has 0 saturated heterocycles. The van der Waals surface area contributed by atoms with Gasteiger partial charge in [0.2, 0.25) is 0 Å². The minimum atomic E-state index is 0.0156. The number of nitrogens with zero attached hydrogens (tertiary/aromatic N) is 2. The van der Waals surface area contributed by atoms with Gasteiger partial charge in [0.05, 0.1) is 5.60 Å². The van der Waals surface area contributed by atoms with Crippen LogP contribution >= 0.6 is 0 Å². The Bertz CT molecular complexity index is 478. The summed E-state index contributed by atoms with van der Waals surface area (Å²) >= 11 is 0. The Morgan fingerprint density at radius 3 is 2.48 bits per heavy atom. The largest absolute Gasteiger partial charge is 0.376 e. The molecule has 1 heterocycles. The monoisotopic (exact) mass is 290 g/mol. The lowest BCUT2D eigenvalue weighted by Gasteiger charge is -2.40. The average molecular weight is 290 g/mol. The molecule has 0 radical (unpaired) electrons. The maximum Gasteiger partial charge on any atom is 0.136 e. The smallest absolute Gasteiger partial charge is 0.136 e. The van der Waals surface area contributed by atoms with Gasteiger partial charge in [0.25, 0.3) is 0 Å². The fourth-order valence-electron chi connectivity index (χ4n) is 2.70. The van der Waals surface area contributed by atoms with Crippen LogP contribution in [0.3, 0.4) is 0 Å². The van der Waals surface area contributed by atoms with Gasteiger partial charge in [-0.05, 0) is 38.5 Å². The van der Waals surface area contributed by atoms with E-state index in [0.717, 1.165) is 49.8 Å². The molecule has 0 spiro atoms. The van der Waals surface area contributed by atoms with Gasteiger partial charge in [-0.1, -0.05) is 6.92 Å². The van der Waals surface area contributed by atoms with Crippen molar-refractivity contribution >= 4 is 11.6 Å². The zero-order valence-corrected chi connectivity index (χ0v) is 13.1. The van der Waals surface area contributed by atoms with Crippen LogP contribution in [-0.4, -0.2) is 35.8 Å². The predicted molar refractivity (Wildman–Crippen MR) is 84.9 cm³/mol. The van der Waals surface area contributed by atoms with Crippen molar-refractivity contribution < 1.29 is 4.74 Å². The van der Waals surface area contributed by atoms with E-state index in [1.54, 1.807) is 0 Å². The minimum absolute atomic E-state index is 0.0156. The van der Waals surface area contributed by atoms with Crippen molar-refractivity contribution in [3.05, 3.63) is 11.9 Å². The van der Waals surface area contributed by atoms with Gasteiger partial charge in [-0.15, -0.1) is 0 Å². The summed E-state index contributed by atoms with van der Waals surface area (Å²) < 4.78 is 5.66. The van der Waals surface area contributed by atoms with Gasteiger partial charge in [-0.25, -0.2) is 9.97 Å². The van der Waals surface area contributed by atoms with Gasteiger partial charge in [0.15, 0.2) is 0 Å². The van der Waals surface area contributed by atoms with E-state index in [9.17, 15) is 0 Å². The molecule has 0 aliphatic heterocycles. The lowest BCUT2D eigenvalue weighted by Crippen LogP contribution is -2.45.